The Balaban J connectivity index is 1.99. The van der Waals surface area contributed by atoms with Crippen molar-refractivity contribution >= 4 is 33.2 Å². The Morgan fingerprint density at radius 2 is 1.85 bits per heavy atom. The van der Waals surface area contributed by atoms with E-state index in [9.17, 15) is 4.79 Å². The van der Waals surface area contributed by atoms with E-state index in [0.29, 0.717) is 16.8 Å². The second-order valence-corrected chi connectivity index (χ2v) is 5.53. The Morgan fingerprint density at radius 3 is 2.60 bits per heavy atom. The predicted octanol–water partition coefficient (Wildman–Crippen LogP) is 2.94. The number of hydrogen-bond donors (Lipinski definition) is 0. The van der Waals surface area contributed by atoms with Crippen LogP contribution in [0.3, 0.4) is 0 Å². The Morgan fingerprint density at radius 1 is 1.10 bits per heavy atom. The molecular formula is C15H14BrN3O. The number of carbonyl (C=O) groups excluding carboxylic acids is 1. The number of rotatable bonds is 1. The van der Waals surface area contributed by atoms with Gasteiger partial charge >= 0.3 is 0 Å². The Hall–Kier alpha value is -1.88. The predicted molar refractivity (Wildman–Crippen MR) is 83.3 cm³/mol. The fourth-order valence-corrected chi connectivity index (χ4v) is 2.73. The number of pyridine rings is 1. The molecule has 1 aromatic carbocycles. The SMILES string of the molecule is CN1CCN(C(=O)c2cccc(Br)n2)c2ccccc21. The first-order valence-corrected chi connectivity index (χ1v) is 7.21. The second kappa shape index (κ2) is 5.25. The number of aromatic nitrogens is 1. The molecule has 2 heterocycles. The van der Waals surface area contributed by atoms with Crippen molar-refractivity contribution in [2.75, 3.05) is 29.9 Å². The third kappa shape index (κ3) is 2.29. The number of nitrogens with zero attached hydrogens (tertiary/aromatic N) is 3. The van der Waals surface area contributed by atoms with E-state index in [1.165, 1.54) is 0 Å². The molecule has 0 aliphatic carbocycles. The Labute approximate surface area is 126 Å². The zero-order valence-electron chi connectivity index (χ0n) is 11.1. The number of amides is 1. The van der Waals surface area contributed by atoms with Gasteiger partial charge in [0, 0.05) is 20.1 Å². The molecule has 1 aliphatic heterocycles. The van der Waals surface area contributed by atoms with Crippen molar-refractivity contribution in [3.8, 4) is 0 Å². The number of benzene rings is 1. The third-order valence-corrected chi connectivity index (χ3v) is 3.86. The lowest BCUT2D eigenvalue weighted by Crippen LogP contribution is -2.42. The molecule has 0 fully saturated rings. The minimum atomic E-state index is -0.0631. The summed E-state index contributed by atoms with van der Waals surface area (Å²) < 4.78 is 0.672. The van der Waals surface area contributed by atoms with E-state index in [0.717, 1.165) is 17.9 Å². The van der Waals surface area contributed by atoms with Gasteiger partial charge in [-0.2, -0.15) is 0 Å². The average molecular weight is 332 g/mol. The number of para-hydroxylation sites is 2. The summed E-state index contributed by atoms with van der Waals surface area (Å²) in [7, 11) is 2.04. The molecule has 2 aromatic rings. The zero-order valence-corrected chi connectivity index (χ0v) is 12.7. The van der Waals surface area contributed by atoms with Crippen LogP contribution in [0, 0.1) is 0 Å². The van der Waals surface area contributed by atoms with Crippen LogP contribution in [0.4, 0.5) is 11.4 Å². The summed E-state index contributed by atoms with van der Waals surface area (Å²) in [5.74, 6) is -0.0631. The second-order valence-electron chi connectivity index (χ2n) is 4.71. The molecule has 1 aliphatic rings. The highest BCUT2D eigenvalue weighted by Gasteiger charge is 2.26. The molecule has 4 nitrogen and oxygen atoms in total. The summed E-state index contributed by atoms with van der Waals surface area (Å²) in [5.41, 5.74) is 2.47. The van der Waals surface area contributed by atoms with E-state index in [1.807, 2.05) is 43.4 Å². The molecule has 0 spiro atoms. The fourth-order valence-electron chi connectivity index (χ4n) is 2.38. The van der Waals surface area contributed by atoms with Gasteiger partial charge in [0.25, 0.3) is 5.91 Å². The molecule has 0 unspecified atom stereocenters. The maximum Gasteiger partial charge on any atom is 0.277 e. The van der Waals surface area contributed by atoms with Gasteiger partial charge in [-0.15, -0.1) is 0 Å². The normalized spacial score (nSPS) is 14.1. The number of likely N-dealkylation sites (N-methyl/N-ethyl adjacent to an activating group) is 1. The van der Waals surface area contributed by atoms with Gasteiger partial charge < -0.3 is 9.80 Å². The largest absolute Gasteiger partial charge is 0.371 e. The first-order chi connectivity index (χ1) is 9.66. The lowest BCUT2D eigenvalue weighted by molar-refractivity contribution is 0.0982. The first-order valence-electron chi connectivity index (χ1n) is 6.41. The molecule has 3 rings (SSSR count). The van der Waals surface area contributed by atoms with E-state index in [4.69, 9.17) is 0 Å². The van der Waals surface area contributed by atoms with Crippen molar-refractivity contribution in [1.29, 1.82) is 0 Å². The Kier molecular flexibility index (Phi) is 3.44. The van der Waals surface area contributed by atoms with Gasteiger partial charge in [0.1, 0.15) is 10.3 Å². The topological polar surface area (TPSA) is 36.4 Å². The summed E-state index contributed by atoms with van der Waals surface area (Å²) in [6.45, 7) is 1.48. The minimum absolute atomic E-state index is 0.0631. The van der Waals surface area contributed by atoms with E-state index >= 15 is 0 Å². The van der Waals surface area contributed by atoms with Crippen molar-refractivity contribution in [3.63, 3.8) is 0 Å². The monoisotopic (exact) mass is 331 g/mol. The average Bonchev–Trinajstić information content (AvgIpc) is 2.47. The molecule has 20 heavy (non-hydrogen) atoms. The highest BCUT2D eigenvalue weighted by Crippen LogP contribution is 2.32. The molecule has 0 saturated carbocycles. The highest BCUT2D eigenvalue weighted by atomic mass is 79.9. The van der Waals surface area contributed by atoms with Crippen LogP contribution in [0.2, 0.25) is 0 Å². The third-order valence-electron chi connectivity index (χ3n) is 3.42. The number of fused-ring (bicyclic) bond motifs is 1. The fraction of sp³-hybridized carbons (Fsp3) is 0.200. The van der Waals surface area contributed by atoms with Crippen LogP contribution in [-0.4, -0.2) is 31.0 Å². The van der Waals surface area contributed by atoms with Gasteiger partial charge in [0.15, 0.2) is 0 Å². The Bertz CT molecular complexity index is 659. The maximum absolute atomic E-state index is 12.6. The molecule has 1 amide bonds. The van der Waals surface area contributed by atoms with Gasteiger partial charge in [0.05, 0.1) is 11.4 Å². The van der Waals surface area contributed by atoms with Crippen LogP contribution in [0.15, 0.2) is 47.1 Å². The van der Waals surface area contributed by atoms with E-state index < -0.39 is 0 Å². The van der Waals surface area contributed by atoms with Crippen LogP contribution in [0.1, 0.15) is 10.5 Å². The number of carbonyl (C=O) groups is 1. The number of halogens is 1. The molecular weight excluding hydrogens is 318 g/mol. The van der Waals surface area contributed by atoms with E-state index in [-0.39, 0.29) is 5.91 Å². The lowest BCUT2D eigenvalue weighted by Gasteiger charge is -2.35. The highest BCUT2D eigenvalue weighted by molar-refractivity contribution is 9.10. The lowest BCUT2D eigenvalue weighted by atomic mass is 10.1. The molecule has 0 saturated heterocycles. The van der Waals surface area contributed by atoms with E-state index in [1.54, 1.807) is 11.0 Å². The van der Waals surface area contributed by atoms with Crippen molar-refractivity contribution in [2.45, 2.75) is 0 Å². The molecule has 0 bridgehead atoms. The standard InChI is InChI=1S/C15H14BrN3O/c1-18-9-10-19(13-7-3-2-6-12(13)18)15(20)11-5-4-8-14(16)17-11/h2-8H,9-10H2,1H3. The molecule has 1 aromatic heterocycles. The quantitative estimate of drug-likeness (QED) is 0.754. The van der Waals surface area contributed by atoms with Crippen molar-refractivity contribution < 1.29 is 4.79 Å². The van der Waals surface area contributed by atoms with Gasteiger partial charge in [0.2, 0.25) is 0 Å². The van der Waals surface area contributed by atoms with Crippen molar-refractivity contribution in [3.05, 3.63) is 52.8 Å². The van der Waals surface area contributed by atoms with Gasteiger partial charge in [-0.05, 0) is 40.2 Å². The van der Waals surface area contributed by atoms with Crippen LogP contribution in [0.5, 0.6) is 0 Å². The van der Waals surface area contributed by atoms with Gasteiger partial charge in [-0.1, -0.05) is 18.2 Å². The van der Waals surface area contributed by atoms with Crippen LogP contribution in [0.25, 0.3) is 0 Å². The van der Waals surface area contributed by atoms with Crippen LogP contribution < -0.4 is 9.80 Å². The minimum Gasteiger partial charge on any atom is -0.371 e. The summed E-state index contributed by atoms with van der Waals surface area (Å²) in [6, 6.07) is 13.3. The van der Waals surface area contributed by atoms with E-state index in [2.05, 4.69) is 25.8 Å². The molecule has 0 radical (unpaired) electrons. The zero-order chi connectivity index (χ0) is 14.1. The maximum atomic E-state index is 12.6. The van der Waals surface area contributed by atoms with Crippen LogP contribution >= 0.6 is 15.9 Å². The first kappa shape index (κ1) is 13.1. The van der Waals surface area contributed by atoms with Crippen molar-refractivity contribution in [1.82, 2.24) is 4.98 Å². The van der Waals surface area contributed by atoms with Gasteiger partial charge in [-0.3, -0.25) is 4.79 Å². The summed E-state index contributed by atoms with van der Waals surface area (Å²) in [5, 5.41) is 0. The summed E-state index contributed by atoms with van der Waals surface area (Å²) >= 11 is 3.31. The smallest absolute Gasteiger partial charge is 0.277 e. The molecule has 0 N–H and O–H groups in total. The van der Waals surface area contributed by atoms with Gasteiger partial charge in [-0.25, -0.2) is 4.98 Å². The number of anilines is 2. The molecule has 0 atom stereocenters. The van der Waals surface area contributed by atoms with Crippen LogP contribution in [-0.2, 0) is 0 Å². The van der Waals surface area contributed by atoms with Crippen molar-refractivity contribution in [2.24, 2.45) is 0 Å². The molecule has 102 valence electrons. The molecule has 5 heteroatoms. The summed E-state index contributed by atoms with van der Waals surface area (Å²) in [4.78, 5) is 20.9. The number of hydrogen-bond acceptors (Lipinski definition) is 3. The summed E-state index contributed by atoms with van der Waals surface area (Å²) in [6.07, 6.45) is 0.